The van der Waals surface area contributed by atoms with Crippen LogP contribution in [0.4, 0.5) is 0 Å². The van der Waals surface area contributed by atoms with Gasteiger partial charge >= 0.3 is 0 Å². The molecule has 1 heteroatoms. The molecule has 1 fully saturated rings. The molecule has 0 heterocycles. The molecule has 11 heavy (non-hydrogen) atoms. The molecule has 1 aliphatic rings. The summed E-state index contributed by atoms with van der Waals surface area (Å²) in [7, 11) is 0. The fourth-order valence-electron chi connectivity index (χ4n) is 1.58. The Morgan fingerprint density at radius 3 is 2.64 bits per heavy atom. The summed E-state index contributed by atoms with van der Waals surface area (Å²) in [5.41, 5.74) is 0. The van der Waals surface area contributed by atoms with E-state index in [1.165, 1.54) is 12.8 Å². The lowest BCUT2D eigenvalue weighted by Gasteiger charge is -2.38. The van der Waals surface area contributed by atoms with Crippen molar-refractivity contribution in [3.05, 3.63) is 0 Å². The molecule has 0 unspecified atom stereocenters. The molecule has 1 N–H and O–H groups in total. The van der Waals surface area contributed by atoms with Gasteiger partial charge in [-0.2, -0.15) is 0 Å². The second-order valence-corrected chi connectivity index (χ2v) is 3.76. The fraction of sp³-hybridized carbons (Fsp3) is 0.800. The zero-order chi connectivity index (χ0) is 8.27. The van der Waals surface area contributed by atoms with Crippen molar-refractivity contribution in [3.8, 4) is 12.3 Å². The molecule has 1 aliphatic carbocycles. The second-order valence-electron chi connectivity index (χ2n) is 3.76. The van der Waals surface area contributed by atoms with Gasteiger partial charge in [-0.1, -0.05) is 19.8 Å². The van der Waals surface area contributed by atoms with Crippen LogP contribution in [0.2, 0.25) is 0 Å². The normalized spacial score (nSPS) is 29.6. The Hall–Kier alpha value is -0.480. The SMILES string of the molecule is C#CCNC1CC(C(C)C)C1. The van der Waals surface area contributed by atoms with Crippen molar-refractivity contribution in [2.45, 2.75) is 32.7 Å². The first-order valence-electron chi connectivity index (χ1n) is 4.41. The zero-order valence-corrected chi connectivity index (χ0v) is 7.43. The summed E-state index contributed by atoms with van der Waals surface area (Å²) >= 11 is 0. The Morgan fingerprint density at radius 1 is 1.55 bits per heavy atom. The average Bonchev–Trinajstić information content (AvgIpc) is 1.84. The Labute approximate surface area is 69.6 Å². The second kappa shape index (κ2) is 3.78. The van der Waals surface area contributed by atoms with Crippen molar-refractivity contribution in [3.63, 3.8) is 0 Å². The van der Waals surface area contributed by atoms with Crippen molar-refractivity contribution in [2.75, 3.05) is 6.54 Å². The van der Waals surface area contributed by atoms with Crippen LogP contribution >= 0.6 is 0 Å². The molecule has 0 atom stereocenters. The molecule has 0 aromatic rings. The largest absolute Gasteiger partial charge is 0.303 e. The lowest BCUT2D eigenvalue weighted by atomic mass is 9.74. The summed E-state index contributed by atoms with van der Waals surface area (Å²) in [4.78, 5) is 0. The van der Waals surface area contributed by atoms with Crippen molar-refractivity contribution >= 4 is 0 Å². The van der Waals surface area contributed by atoms with Crippen molar-refractivity contribution in [1.29, 1.82) is 0 Å². The van der Waals surface area contributed by atoms with Crippen LogP contribution in [0.25, 0.3) is 0 Å². The van der Waals surface area contributed by atoms with Gasteiger partial charge in [-0.05, 0) is 24.7 Å². The molecule has 0 aromatic heterocycles. The lowest BCUT2D eigenvalue weighted by Crippen LogP contribution is -2.43. The third-order valence-corrected chi connectivity index (χ3v) is 2.61. The molecule has 0 amide bonds. The van der Waals surface area contributed by atoms with Crippen molar-refractivity contribution in [2.24, 2.45) is 11.8 Å². The van der Waals surface area contributed by atoms with E-state index < -0.39 is 0 Å². The van der Waals surface area contributed by atoms with E-state index in [1.807, 2.05) is 0 Å². The summed E-state index contributed by atoms with van der Waals surface area (Å²) in [6.07, 6.45) is 7.78. The summed E-state index contributed by atoms with van der Waals surface area (Å²) in [6, 6.07) is 0.707. The van der Waals surface area contributed by atoms with E-state index >= 15 is 0 Å². The fourth-order valence-corrected chi connectivity index (χ4v) is 1.58. The topological polar surface area (TPSA) is 12.0 Å². The molecule has 0 aromatic carbocycles. The third kappa shape index (κ3) is 2.24. The van der Waals surface area contributed by atoms with Gasteiger partial charge in [0.2, 0.25) is 0 Å². The molecule has 1 saturated carbocycles. The summed E-state index contributed by atoms with van der Waals surface area (Å²) < 4.78 is 0. The Bertz CT molecular complexity index is 149. The van der Waals surface area contributed by atoms with Gasteiger partial charge in [-0.3, -0.25) is 0 Å². The van der Waals surface area contributed by atoms with Crippen molar-refractivity contribution < 1.29 is 0 Å². The molecule has 0 saturated heterocycles. The third-order valence-electron chi connectivity index (χ3n) is 2.61. The summed E-state index contributed by atoms with van der Waals surface area (Å²) in [5.74, 6) is 4.38. The highest BCUT2D eigenvalue weighted by molar-refractivity contribution is 4.92. The van der Waals surface area contributed by atoms with Gasteiger partial charge < -0.3 is 5.32 Å². The van der Waals surface area contributed by atoms with Gasteiger partial charge in [-0.25, -0.2) is 0 Å². The molecule has 1 rings (SSSR count). The van der Waals surface area contributed by atoms with Crippen LogP contribution in [0, 0.1) is 24.2 Å². The number of terminal acetylenes is 1. The molecule has 62 valence electrons. The highest BCUT2D eigenvalue weighted by atomic mass is 14.9. The first-order valence-corrected chi connectivity index (χ1v) is 4.41. The minimum atomic E-state index is 0.707. The monoisotopic (exact) mass is 151 g/mol. The minimum Gasteiger partial charge on any atom is -0.303 e. The van der Waals surface area contributed by atoms with E-state index in [0.29, 0.717) is 6.04 Å². The van der Waals surface area contributed by atoms with E-state index in [9.17, 15) is 0 Å². The number of nitrogens with one attached hydrogen (secondary N) is 1. The first-order chi connectivity index (χ1) is 5.24. The van der Waals surface area contributed by atoms with Crippen LogP contribution in [-0.4, -0.2) is 12.6 Å². The summed E-state index contributed by atoms with van der Waals surface area (Å²) in [5, 5.41) is 3.32. The number of hydrogen-bond acceptors (Lipinski definition) is 1. The molecule has 0 aliphatic heterocycles. The van der Waals surface area contributed by atoms with Gasteiger partial charge in [0, 0.05) is 6.04 Å². The van der Waals surface area contributed by atoms with Crippen LogP contribution in [0.5, 0.6) is 0 Å². The highest BCUT2D eigenvalue weighted by Crippen LogP contribution is 2.33. The molecule has 0 radical (unpaired) electrons. The summed E-state index contributed by atoms with van der Waals surface area (Å²) in [6.45, 7) is 5.32. The molecule has 1 nitrogen and oxygen atoms in total. The predicted octanol–water partition coefficient (Wildman–Crippen LogP) is 1.64. The van der Waals surface area contributed by atoms with Gasteiger partial charge in [0.05, 0.1) is 6.54 Å². The van der Waals surface area contributed by atoms with Crippen LogP contribution in [0.1, 0.15) is 26.7 Å². The van der Waals surface area contributed by atoms with E-state index in [2.05, 4.69) is 25.1 Å². The first kappa shape index (κ1) is 8.62. The number of rotatable bonds is 3. The van der Waals surface area contributed by atoms with Crippen LogP contribution in [0.15, 0.2) is 0 Å². The smallest absolute Gasteiger partial charge is 0.0575 e. The van der Waals surface area contributed by atoms with Gasteiger partial charge in [0.25, 0.3) is 0 Å². The zero-order valence-electron chi connectivity index (χ0n) is 7.43. The van der Waals surface area contributed by atoms with Gasteiger partial charge in [-0.15, -0.1) is 6.42 Å². The van der Waals surface area contributed by atoms with E-state index in [1.54, 1.807) is 0 Å². The van der Waals surface area contributed by atoms with Crippen molar-refractivity contribution in [1.82, 2.24) is 5.32 Å². The molecular formula is C10H17N. The maximum Gasteiger partial charge on any atom is 0.0575 e. The van der Waals surface area contributed by atoms with Crippen LogP contribution < -0.4 is 5.32 Å². The quantitative estimate of drug-likeness (QED) is 0.605. The lowest BCUT2D eigenvalue weighted by molar-refractivity contribution is 0.173. The standard InChI is InChI=1S/C10H17N/c1-4-5-11-10-6-9(7-10)8(2)3/h1,8-11H,5-7H2,2-3H3. The highest BCUT2D eigenvalue weighted by Gasteiger charge is 2.30. The molecule has 0 spiro atoms. The Morgan fingerprint density at radius 2 is 2.18 bits per heavy atom. The van der Waals surface area contributed by atoms with E-state index in [-0.39, 0.29) is 0 Å². The maximum atomic E-state index is 5.14. The minimum absolute atomic E-state index is 0.707. The number of hydrogen-bond donors (Lipinski definition) is 1. The van der Waals surface area contributed by atoms with Crippen LogP contribution in [0.3, 0.4) is 0 Å². The maximum absolute atomic E-state index is 5.14. The Balaban J connectivity index is 2.06. The van der Waals surface area contributed by atoms with E-state index in [4.69, 9.17) is 6.42 Å². The average molecular weight is 151 g/mol. The molecular weight excluding hydrogens is 134 g/mol. The predicted molar refractivity (Wildman–Crippen MR) is 48.2 cm³/mol. The Kier molecular flexibility index (Phi) is 2.96. The van der Waals surface area contributed by atoms with Gasteiger partial charge in [0.15, 0.2) is 0 Å². The molecule has 0 bridgehead atoms. The van der Waals surface area contributed by atoms with E-state index in [0.717, 1.165) is 18.4 Å². The van der Waals surface area contributed by atoms with Crippen LogP contribution in [-0.2, 0) is 0 Å². The van der Waals surface area contributed by atoms with Gasteiger partial charge in [0.1, 0.15) is 0 Å².